The lowest BCUT2D eigenvalue weighted by molar-refractivity contribution is 0.567. The molecule has 0 saturated carbocycles. The molecule has 1 heterocycles. The summed E-state index contributed by atoms with van der Waals surface area (Å²) in [4.78, 5) is -0.0601. The third kappa shape index (κ3) is 3.70. The maximum Gasteiger partial charge on any atom is 0.243 e. The van der Waals surface area contributed by atoms with Crippen LogP contribution in [0.3, 0.4) is 0 Å². The van der Waals surface area contributed by atoms with Crippen molar-refractivity contribution in [3.05, 3.63) is 48.0 Å². The molecule has 0 saturated heterocycles. The standard InChI is InChI=1S/C14H14N4O4S3/c1-9(10-4-2-5-11(8-10)24(15,19)20)18-25(21,22)13-7-3-6-12-14(13)17-23-16-12/h2-9,18H,1H3,(H2,15,19,20)/t9-/m1/s1. The molecule has 0 fully saturated rings. The number of nitrogens with one attached hydrogen (secondary N) is 1. The second-order valence-electron chi connectivity index (χ2n) is 5.35. The summed E-state index contributed by atoms with van der Waals surface area (Å²) in [6.07, 6.45) is 0. The first kappa shape index (κ1) is 17.9. The molecular formula is C14H14N4O4S3. The fourth-order valence-corrected chi connectivity index (χ4v) is 4.89. The monoisotopic (exact) mass is 398 g/mol. The third-order valence-electron chi connectivity index (χ3n) is 3.56. The molecule has 3 N–H and O–H groups in total. The first-order valence-electron chi connectivity index (χ1n) is 7.05. The number of rotatable bonds is 5. The summed E-state index contributed by atoms with van der Waals surface area (Å²) in [5.74, 6) is 0. The summed E-state index contributed by atoms with van der Waals surface area (Å²) in [6.45, 7) is 1.61. The van der Waals surface area contributed by atoms with Crippen LogP contribution in [0.1, 0.15) is 18.5 Å². The number of fused-ring (bicyclic) bond motifs is 1. The van der Waals surface area contributed by atoms with E-state index in [1.165, 1.54) is 24.3 Å². The Labute approximate surface area is 149 Å². The molecule has 0 amide bonds. The summed E-state index contributed by atoms with van der Waals surface area (Å²) in [6, 6.07) is 9.85. The first-order chi connectivity index (χ1) is 11.7. The van der Waals surface area contributed by atoms with Crippen molar-refractivity contribution >= 4 is 42.8 Å². The van der Waals surface area contributed by atoms with Gasteiger partial charge < -0.3 is 0 Å². The summed E-state index contributed by atoms with van der Waals surface area (Å²) in [5.41, 5.74) is 1.26. The molecule has 8 nitrogen and oxygen atoms in total. The number of hydrogen-bond acceptors (Lipinski definition) is 7. The van der Waals surface area contributed by atoms with E-state index in [2.05, 4.69) is 13.5 Å². The van der Waals surface area contributed by atoms with Crippen LogP contribution in [0.5, 0.6) is 0 Å². The largest absolute Gasteiger partial charge is 0.243 e. The normalized spacial score (nSPS) is 13.8. The Morgan fingerprint density at radius 2 is 1.80 bits per heavy atom. The fourth-order valence-electron chi connectivity index (χ4n) is 2.32. The average molecular weight is 398 g/mol. The van der Waals surface area contributed by atoms with Crippen molar-refractivity contribution < 1.29 is 16.8 Å². The summed E-state index contributed by atoms with van der Waals surface area (Å²) >= 11 is 0.930. The lowest BCUT2D eigenvalue weighted by Gasteiger charge is -2.15. The minimum absolute atomic E-state index is 0.0215. The molecule has 3 aromatic rings. The first-order valence-corrected chi connectivity index (χ1v) is 10.8. The van der Waals surface area contributed by atoms with Gasteiger partial charge in [0.1, 0.15) is 15.9 Å². The molecule has 3 rings (SSSR count). The molecule has 0 radical (unpaired) electrons. The van der Waals surface area contributed by atoms with Crippen LogP contribution in [-0.2, 0) is 20.0 Å². The van der Waals surface area contributed by atoms with Crippen LogP contribution in [0, 0.1) is 0 Å². The number of aromatic nitrogens is 2. The Balaban J connectivity index is 1.95. The molecule has 0 bridgehead atoms. The van der Waals surface area contributed by atoms with E-state index >= 15 is 0 Å². The Bertz CT molecular complexity index is 1140. The topological polar surface area (TPSA) is 132 Å². The molecule has 0 aliphatic rings. The minimum Gasteiger partial charge on any atom is -0.225 e. The Hall–Kier alpha value is -1.92. The highest BCUT2D eigenvalue weighted by atomic mass is 32.2. The molecule has 25 heavy (non-hydrogen) atoms. The van der Waals surface area contributed by atoms with Crippen molar-refractivity contribution in [1.29, 1.82) is 0 Å². The zero-order valence-corrected chi connectivity index (χ0v) is 15.4. The predicted octanol–water partition coefficient (Wildman–Crippen LogP) is 1.38. The fraction of sp³-hybridized carbons (Fsp3) is 0.143. The molecule has 0 unspecified atom stereocenters. The lowest BCUT2D eigenvalue weighted by Crippen LogP contribution is -2.27. The molecule has 1 atom stereocenters. The Morgan fingerprint density at radius 3 is 2.52 bits per heavy atom. The van der Waals surface area contributed by atoms with Crippen molar-refractivity contribution in [2.75, 3.05) is 0 Å². The molecule has 0 aliphatic heterocycles. The van der Waals surface area contributed by atoms with E-state index in [0.717, 1.165) is 11.7 Å². The van der Waals surface area contributed by atoms with Crippen LogP contribution in [0.25, 0.3) is 11.0 Å². The second-order valence-corrected chi connectivity index (χ2v) is 9.12. The van der Waals surface area contributed by atoms with Crippen LogP contribution in [0.2, 0.25) is 0 Å². The molecule has 0 spiro atoms. The van der Waals surface area contributed by atoms with E-state index in [0.29, 0.717) is 16.6 Å². The molecule has 11 heteroatoms. The van der Waals surface area contributed by atoms with Gasteiger partial charge in [0.15, 0.2) is 0 Å². The Kier molecular flexibility index (Phi) is 4.60. The molecule has 2 aromatic carbocycles. The van der Waals surface area contributed by atoms with Crippen molar-refractivity contribution in [1.82, 2.24) is 13.5 Å². The van der Waals surface area contributed by atoms with Crippen molar-refractivity contribution in [2.45, 2.75) is 22.8 Å². The second kappa shape index (κ2) is 6.42. The van der Waals surface area contributed by atoms with Crippen molar-refractivity contribution in [3.63, 3.8) is 0 Å². The highest BCUT2D eigenvalue weighted by Crippen LogP contribution is 2.24. The van der Waals surface area contributed by atoms with Gasteiger partial charge in [0.05, 0.1) is 16.6 Å². The maximum atomic E-state index is 12.7. The van der Waals surface area contributed by atoms with Crippen LogP contribution in [0.4, 0.5) is 0 Å². The quantitative estimate of drug-likeness (QED) is 0.667. The SMILES string of the molecule is C[C@@H](NS(=O)(=O)c1cccc2nsnc12)c1cccc(S(N)(=O)=O)c1. The van der Waals surface area contributed by atoms with Gasteiger partial charge in [0.25, 0.3) is 0 Å². The zero-order chi connectivity index (χ0) is 18.2. The highest BCUT2D eigenvalue weighted by molar-refractivity contribution is 7.89. The maximum absolute atomic E-state index is 12.7. The Morgan fingerprint density at radius 1 is 1.08 bits per heavy atom. The molecule has 1 aromatic heterocycles. The molecular weight excluding hydrogens is 384 g/mol. The molecule has 132 valence electrons. The zero-order valence-electron chi connectivity index (χ0n) is 12.9. The van der Waals surface area contributed by atoms with Gasteiger partial charge in [-0.3, -0.25) is 0 Å². The number of sulfonamides is 2. The van der Waals surface area contributed by atoms with Gasteiger partial charge in [-0.15, -0.1) is 0 Å². The third-order valence-corrected chi connectivity index (χ3v) is 6.58. The van der Waals surface area contributed by atoms with Gasteiger partial charge in [0, 0.05) is 6.04 Å². The van der Waals surface area contributed by atoms with Gasteiger partial charge in [-0.25, -0.2) is 26.7 Å². The average Bonchev–Trinajstić information content (AvgIpc) is 3.02. The summed E-state index contributed by atoms with van der Waals surface area (Å²) < 4.78 is 58.9. The van der Waals surface area contributed by atoms with Crippen molar-refractivity contribution in [2.24, 2.45) is 5.14 Å². The van der Waals surface area contributed by atoms with Crippen LogP contribution in [-0.4, -0.2) is 25.6 Å². The van der Waals surface area contributed by atoms with Gasteiger partial charge in [-0.2, -0.15) is 8.75 Å². The van der Waals surface area contributed by atoms with Gasteiger partial charge >= 0.3 is 0 Å². The number of primary sulfonamides is 1. The number of hydrogen-bond donors (Lipinski definition) is 2. The van der Waals surface area contributed by atoms with Crippen LogP contribution in [0.15, 0.2) is 52.3 Å². The number of nitrogens with two attached hydrogens (primary N) is 1. The smallest absolute Gasteiger partial charge is 0.225 e. The predicted molar refractivity (Wildman–Crippen MR) is 94.0 cm³/mol. The van der Waals surface area contributed by atoms with Gasteiger partial charge in [0.2, 0.25) is 20.0 Å². The highest BCUT2D eigenvalue weighted by Gasteiger charge is 2.23. The summed E-state index contributed by atoms with van der Waals surface area (Å²) in [7, 11) is -7.75. The summed E-state index contributed by atoms with van der Waals surface area (Å²) in [5, 5.41) is 5.11. The van der Waals surface area contributed by atoms with Crippen LogP contribution < -0.4 is 9.86 Å². The van der Waals surface area contributed by atoms with Crippen molar-refractivity contribution in [3.8, 4) is 0 Å². The van der Waals surface area contributed by atoms with Crippen LogP contribution >= 0.6 is 11.7 Å². The molecule has 0 aliphatic carbocycles. The van der Waals surface area contributed by atoms with E-state index in [4.69, 9.17) is 5.14 Å². The van der Waals surface area contributed by atoms with Gasteiger partial charge in [-0.05, 0) is 36.8 Å². The number of nitrogens with zero attached hydrogens (tertiary/aromatic N) is 2. The number of benzene rings is 2. The van der Waals surface area contributed by atoms with E-state index in [1.54, 1.807) is 25.1 Å². The van der Waals surface area contributed by atoms with E-state index in [9.17, 15) is 16.8 Å². The minimum atomic E-state index is -3.88. The lowest BCUT2D eigenvalue weighted by atomic mass is 10.1. The van der Waals surface area contributed by atoms with Gasteiger partial charge in [-0.1, -0.05) is 18.2 Å². The van der Waals surface area contributed by atoms with E-state index < -0.39 is 26.1 Å². The van der Waals surface area contributed by atoms with E-state index in [-0.39, 0.29) is 9.79 Å². The van der Waals surface area contributed by atoms with E-state index in [1.807, 2.05) is 0 Å².